The summed E-state index contributed by atoms with van der Waals surface area (Å²) < 4.78 is 30.9. The summed E-state index contributed by atoms with van der Waals surface area (Å²) in [4.78, 5) is 37.9. The average Bonchev–Trinajstić information content (AvgIpc) is 3.70. The summed E-state index contributed by atoms with van der Waals surface area (Å²) in [7, 11) is 1.50. The maximum Gasteiger partial charge on any atom is 0.472 e. The summed E-state index contributed by atoms with van der Waals surface area (Å²) >= 11 is 0. The highest BCUT2D eigenvalue weighted by Crippen LogP contribution is 2.43. The highest BCUT2D eigenvalue weighted by Gasteiger charge is 2.30. The second kappa shape index (κ2) is 66.4. The van der Waals surface area contributed by atoms with Gasteiger partial charge in [-0.3, -0.25) is 18.6 Å². The molecular formula is C77H144N2O7P+. The van der Waals surface area contributed by atoms with Gasteiger partial charge in [-0.05, 0) is 102 Å². The zero-order chi connectivity index (χ0) is 63.5. The first-order valence-electron chi connectivity index (χ1n) is 37.3. The molecule has 0 aliphatic carbocycles. The number of hydrogen-bond donors (Lipinski definition) is 2. The number of carbonyl (C=O) groups excluding carboxylic acids is 2. The molecule has 3 unspecified atom stereocenters. The van der Waals surface area contributed by atoms with Crippen molar-refractivity contribution in [2.45, 2.75) is 367 Å². The van der Waals surface area contributed by atoms with Gasteiger partial charge in [0.2, 0.25) is 5.91 Å². The van der Waals surface area contributed by atoms with E-state index in [0.717, 1.165) is 77.0 Å². The molecule has 508 valence electrons. The van der Waals surface area contributed by atoms with Gasteiger partial charge in [0, 0.05) is 12.8 Å². The first-order chi connectivity index (χ1) is 42.4. The van der Waals surface area contributed by atoms with E-state index in [4.69, 9.17) is 13.8 Å². The van der Waals surface area contributed by atoms with Crippen molar-refractivity contribution in [2.75, 3.05) is 40.9 Å². The lowest BCUT2D eigenvalue weighted by Crippen LogP contribution is -2.47. The number of esters is 1. The Kier molecular flexibility index (Phi) is 64.4. The molecule has 2 N–H and O–H groups in total. The Labute approximate surface area is 540 Å². The van der Waals surface area contributed by atoms with Crippen molar-refractivity contribution in [2.24, 2.45) is 0 Å². The molecule has 0 aromatic carbocycles. The number of amides is 1. The van der Waals surface area contributed by atoms with Crippen LogP contribution >= 0.6 is 7.82 Å². The van der Waals surface area contributed by atoms with Gasteiger partial charge in [-0.25, -0.2) is 4.57 Å². The predicted octanol–water partition coefficient (Wildman–Crippen LogP) is 23.9. The minimum absolute atomic E-state index is 0.0397. The number of phosphoric acid groups is 1. The maximum absolute atomic E-state index is 13.6. The van der Waals surface area contributed by atoms with Crippen molar-refractivity contribution in [1.82, 2.24) is 5.32 Å². The monoisotopic (exact) mass is 1240 g/mol. The van der Waals surface area contributed by atoms with Crippen molar-refractivity contribution < 1.29 is 37.3 Å². The van der Waals surface area contributed by atoms with E-state index >= 15 is 0 Å². The fraction of sp³-hybridized carbons (Fsp3) is 0.818. The molecule has 9 nitrogen and oxygen atoms in total. The van der Waals surface area contributed by atoms with E-state index in [1.165, 1.54) is 244 Å². The highest BCUT2D eigenvalue weighted by atomic mass is 31.2. The Bertz CT molecular complexity index is 1720. The van der Waals surface area contributed by atoms with Crippen LogP contribution in [-0.4, -0.2) is 74.3 Å². The van der Waals surface area contributed by atoms with Crippen molar-refractivity contribution >= 4 is 19.7 Å². The van der Waals surface area contributed by atoms with E-state index in [1.54, 1.807) is 0 Å². The first kappa shape index (κ1) is 84.5. The van der Waals surface area contributed by atoms with Gasteiger partial charge in [0.05, 0.1) is 33.8 Å². The molecule has 0 aromatic rings. The summed E-state index contributed by atoms with van der Waals surface area (Å²) in [6.07, 6.45) is 87.8. The van der Waals surface area contributed by atoms with Crippen LogP contribution < -0.4 is 5.32 Å². The van der Waals surface area contributed by atoms with E-state index in [9.17, 15) is 19.0 Å². The molecule has 0 rings (SSSR count). The Morgan fingerprint density at radius 2 is 0.701 bits per heavy atom. The van der Waals surface area contributed by atoms with Crippen LogP contribution in [0.1, 0.15) is 355 Å². The van der Waals surface area contributed by atoms with Gasteiger partial charge in [-0.2, -0.15) is 0 Å². The minimum Gasteiger partial charge on any atom is -0.456 e. The molecule has 1 amide bonds. The molecule has 0 saturated heterocycles. The number of quaternary nitrogens is 1. The van der Waals surface area contributed by atoms with Crippen LogP contribution in [0.15, 0.2) is 72.9 Å². The number of unbranched alkanes of at least 4 members (excludes halogenated alkanes) is 42. The molecule has 0 saturated carbocycles. The third kappa shape index (κ3) is 67.7. The van der Waals surface area contributed by atoms with Crippen LogP contribution in [0.5, 0.6) is 0 Å². The number of hydrogen-bond acceptors (Lipinski definition) is 6. The number of allylic oxidation sites excluding steroid dienone is 11. The van der Waals surface area contributed by atoms with Crippen molar-refractivity contribution in [3.63, 3.8) is 0 Å². The Balaban J connectivity index is 4.94. The number of nitrogens with one attached hydrogen (secondary N) is 1. The molecule has 0 fully saturated rings. The molecule has 87 heavy (non-hydrogen) atoms. The van der Waals surface area contributed by atoms with Gasteiger partial charge in [-0.15, -0.1) is 0 Å². The van der Waals surface area contributed by atoms with Gasteiger partial charge >= 0.3 is 13.8 Å². The largest absolute Gasteiger partial charge is 0.472 e. The fourth-order valence-electron chi connectivity index (χ4n) is 10.9. The predicted molar refractivity (Wildman–Crippen MR) is 378 cm³/mol. The fourth-order valence-corrected chi connectivity index (χ4v) is 11.6. The molecule has 0 bridgehead atoms. The second-order valence-electron chi connectivity index (χ2n) is 26.5. The van der Waals surface area contributed by atoms with Crippen molar-refractivity contribution in [1.29, 1.82) is 0 Å². The summed E-state index contributed by atoms with van der Waals surface area (Å²) in [5.74, 6) is -0.495. The molecule has 0 aromatic heterocycles. The Morgan fingerprint density at radius 3 is 1.07 bits per heavy atom. The average molecular weight is 1240 g/mol. The summed E-state index contributed by atoms with van der Waals surface area (Å²) in [6, 6.07) is -0.851. The van der Waals surface area contributed by atoms with Crippen LogP contribution in [0, 0.1) is 0 Å². The topological polar surface area (TPSA) is 111 Å². The van der Waals surface area contributed by atoms with Crippen LogP contribution in [-0.2, 0) is 27.9 Å². The molecule has 0 spiro atoms. The quantitative estimate of drug-likeness (QED) is 0.0205. The number of nitrogens with zero attached hydrogens (tertiary/aromatic N) is 1. The SMILES string of the molecule is CCCCC/C=C\C/C=C\C/C=C\CCCCCCCCCCCCCCCCC(=O)OC(/C=C/CCCCCCCCCCC)C(COP(=O)(O)OCC[N+](C)(C)C)NC(=O)CCCCCCCCCCCCCCC/C=C\C/C=C\CCCCC. The standard InChI is InChI=1S/C77H143N2O7P/c1-7-10-13-16-19-22-25-27-29-31-33-35-37-38-39-40-42-44-46-48-50-52-55-58-61-64-67-70-77(81)86-75(68-65-62-59-56-53-24-21-18-15-12-9-3)74(73-85-87(82,83)84-72-71-79(4,5)6)78-76(80)69-66-63-60-57-54-51-49-47-45-43-41-36-34-32-30-28-26-23-20-17-14-11-8-2/h19-20,22-23,27-30,33,35,65,68,74-75H,7-18,21,24-26,31-32,34,36-64,66-67,69-73H2,1-6H3,(H-,78,80,82,83)/p+1/b22-19-,23-20-,29-27-,30-28-,35-33-,68-65+. The van der Waals surface area contributed by atoms with Crippen molar-refractivity contribution in [3.8, 4) is 0 Å². The molecule has 0 radical (unpaired) electrons. The number of ether oxygens (including phenoxy) is 1. The number of phosphoric ester groups is 1. The summed E-state index contributed by atoms with van der Waals surface area (Å²) in [5.41, 5.74) is 0. The lowest BCUT2D eigenvalue weighted by atomic mass is 10.0. The Morgan fingerprint density at radius 1 is 0.402 bits per heavy atom. The van der Waals surface area contributed by atoms with E-state index in [2.05, 4.69) is 86.8 Å². The zero-order valence-corrected chi connectivity index (χ0v) is 59.2. The number of likely N-dealkylation sites (N-methyl/N-ethyl adjacent to an activating group) is 1. The normalized spacial score (nSPS) is 13.9. The number of rotatable bonds is 68. The minimum atomic E-state index is -4.46. The molecular weight excluding hydrogens is 1100 g/mol. The third-order valence-electron chi connectivity index (χ3n) is 16.6. The van der Waals surface area contributed by atoms with E-state index < -0.39 is 20.0 Å². The van der Waals surface area contributed by atoms with Crippen LogP contribution in [0.4, 0.5) is 0 Å². The lowest BCUT2D eigenvalue weighted by Gasteiger charge is -2.27. The molecule has 0 aliphatic heterocycles. The van der Waals surface area contributed by atoms with E-state index in [1.807, 2.05) is 33.3 Å². The molecule has 0 heterocycles. The van der Waals surface area contributed by atoms with Crippen molar-refractivity contribution in [3.05, 3.63) is 72.9 Å². The van der Waals surface area contributed by atoms with Gasteiger partial charge in [0.15, 0.2) is 0 Å². The highest BCUT2D eigenvalue weighted by molar-refractivity contribution is 7.47. The van der Waals surface area contributed by atoms with E-state index in [0.29, 0.717) is 23.9 Å². The molecule has 10 heteroatoms. The van der Waals surface area contributed by atoms with Gasteiger partial charge in [0.25, 0.3) is 0 Å². The van der Waals surface area contributed by atoms with Crippen LogP contribution in [0.3, 0.4) is 0 Å². The van der Waals surface area contributed by atoms with Gasteiger partial charge < -0.3 is 19.4 Å². The van der Waals surface area contributed by atoms with Crippen LogP contribution in [0.25, 0.3) is 0 Å². The first-order valence-corrected chi connectivity index (χ1v) is 38.8. The maximum atomic E-state index is 13.6. The lowest BCUT2D eigenvalue weighted by molar-refractivity contribution is -0.870. The van der Waals surface area contributed by atoms with Gasteiger partial charge in [0.1, 0.15) is 19.3 Å². The summed E-state index contributed by atoms with van der Waals surface area (Å²) in [6.45, 7) is 7.00. The van der Waals surface area contributed by atoms with E-state index in [-0.39, 0.29) is 25.1 Å². The Hall–Kier alpha value is -2.55. The smallest absolute Gasteiger partial charge is 0.456 e. The molecule has 3 atom stereocenters. The summed E-state index contributed by atoms with van der Waals surface area (Å²) in [5, 5.41) is 3.08. The van der Waals surface area contributed by atoms with Crippen LogP contribution in [0.2, 0.25) is 0 Å². The molecule has 0 aliphatic rings. The zero-order valence-electron chi connectivity index (χ0n) is 58.3. The second-order valence-corrected chi connectivity index (χ2v) is 27.9. The number of carbonyl (C=O) groups is 2. The van der Waals surface area contributed by atoms with Gasteiger partial charge in [-0.1, -0.05) is 312 Å². The third-order valence-corrected chi connectivity index (χ3v) is 17.6.